The number of sulfone groups is 1. The molecule has 1 aliphatic rings. The number of aromatic nitrogens is 3. The Kier molecular flexibility index (Phi) is 7.38. The Labute approximate surface area is 237 Å². The van der Waals surface area contributed by atoms with Crippen molar-refractivity contribution in [2.24, 2.45) is 0 Å². The van der Waals surface area contributed by atoms with E-state index in [1.54, 1.807) is 11.3 Å². The summed E-state index contributed by atoms with van der Waals surface area (Å²) in [5.41, 5.74) is 6.72. The van der Waals surface area contributed by atoms with E-state index in [4.69, 9.17) is 0 Å². The maximum absolute atomic E-state index is 11.3. The predicted molar refractivity (Wildman–Crippen MR) is 164 cm³/mol. The van der Waals surface area contributed by atoms with E-state index in [1.807, 2.05) is 24.7 Å². The highest BCUT2D eigenvalue weighted by Crippen LogP contribution is 2.34. The highest BCUT2D eigenvalue weighted by Gasteiger charge is 2.18. The Balaban J connectivity index is 1.15. The van der Waals surface area contributed by atoms with Gasteiger partial charge in [0.05, 0.1) is 30.4 Å². The highest BCUT2D eigenvalue weighted by molar-refractivity contribution is 7.90. The van der Waals surface area contributed by atoms with E-state index in [0.717, 1.165) is 33.5 Å². The molecule has 204 valence electrons. The van der Waals surface area contributed by atoms with Gasteiger partial charge in [-0.05, 0) is 35.9 Å². The summed E-state index contributed by atoms with van der Waals surface area (Å²) in [5.74, 6) is 0.118. The normalized spacial score (nSPS) is 13.1. The molecule has 0 saturated heterocycles. The third-order valence-electron chi connectivity index (χ3n) is 6.85. The summed E-state index contributed by atoms with van der Waals surface area (Å²) < 4.78 is 25.0. The molecule has 0 aliphatic carbocycles. The number of anilines is 3. The van der Waals surface area contributed by atoms with Gasteiger partial charge in [0.1, 0.15) is 19.8 Å². The maximum Gasteiger partial charge on any atom is 0.148 e. The van der Waals surface area contributed by atoms with Crippen molar-refractivity contribution in [2.75, 3.05) is 28.8 Å². The largest absolute Gasteiger partial charge is 0.354 e. The van der Waals surface area contributed by atoms with E-state index in [-0.39, 0.29) is 5.75 Å². The van der Waals surface area contributed by atoms with E-state index in [2.05, 4.69) is 97.1 Å². The second-order valence-corrected chi connectivity index (χ2v) is 13.3. The molecule has 0 fully saturated rings. The molecule has 40 heavy (non-hydrogen) atoms. The average molecular weight is 571 g/mol. The van der Waals surface area contributed by atoms with E-state index in [1.165, 1.54) is 28.3 Å². The molecule has 8 nitrogen and oxygen atoms in total. The zero-order valence-corrected chi connectivity index (χ0v) is 23.8. The summed E-state index contributed by atoms with van der Waals surface area (Å²) in [4.78, 5) is 11.2. The fraction of sp³-hybridized carbons (Fsp3) is 0.200. The predicted octanol–water partition coefficient (Wildman–Crippen LogP) is 5.41. The summed E-state index contributed by atoms with van der Waals surface area (Å²) in [6.45, 7) is 2.48. The fourth-order valence-corrected chi connectivity index (χ4v) is 6.18. The molecule has 0 saturated carbocycles. The molecule has 5 aromatic rings. The minimum Gasteiger partial charge on any atom is -0.354 e. The van der Waals surface area contributed by atoms with Gasteiger partial charge in [0.2, 0.25) is 0 Å². The highest BCUT2D eigenvalue weighted by atomic mass is 32.2. The molecular weight excluding hydrogens is 541 g/mol. The minimum absolute atomic E-state index is 0.118. The lowest BCUT2D eigenvalue weighted by Crippen LogP contribution is -2.21. The van der Waals surface area contributed by atoms with Gasteiger partial charge < -0.3 is 20.1 Å². The van der Waals surface area contributed by atoms with Crippen molar-refractivity contribution in [1.29, 1.82) is 0 Å². The third kappa shape index (κ3) is 6.09. The van der Waals surface area contributed by atoms with Gasteiger partial charge in [0.25, 0.3) is 0 Å². The Hall–Kier alpha value is -3.99. The minimum atomic E-state index is -2.98. The first-order valence-corrected chi connectivity index (χ1v) is 15.9. The smallest absolute Gasteiger partial charge is 0.148 e. The molecule has 0 atom stereocenters. The molecule has 6 rings (SSSR count). The second-order valence-electron chi connectivity index (χ2n) is 9.93. The van der Waals surface area contributed by atoms with Gasteiger partial charge in [-0.1, -0.05) is 41.7 Å². The Morgan fingerprint density at radius 3 is 2.77 bits per heavy atom. The third-order valence-corrected chi connectivity index (χ3v) is 8.83. The molecule has 1 aliphatic heterocycles. The van der Waals surface area contributed by atoms with Crippen LogP contribution in [0, 0.1) is 0 Å². The Morgan fingerprint density at radius 1 is 1.05 bits per heavy atom. The summed E-state index contributed by atoms with van der Waals surface area (Å²) >= 11 is 1.60. The fourth-order valence-electron chi connectivity index (χ4n) is 4.80. The number of nitrogens with one attached hydrogen (secondary N) is 2. The number of pyridine rings is 1. The van der Waals surface area contributed by atoms with Crippen LogP contribution in [0.3, 0.4) is 0 Å². The number of hydrogen-bond donors (Lipinski definition) is 2. The van der Waals surface area contributed by atoms with Crippen molar-refractivity contribution in [3.63, 3.8) is 0 Å². The first-order chi connectivity index (χ1) is 19.4. The monoisotopic (exact) mass is 570 g/mol. The summed E-state index contributed by atoms with van der Waals surface area (Å²) in [5, 5.41) is 9.90. The van der Waals surface area contributed by atoms with Gasteiger partial charge in [0.15, 0.2) is 0 Å². The van der Waals surface area contributed by atoms with Crippen LogP contribution in [-0.4, -0.2) is 41.5 Å². The molecule has 3 aromatic heterocycles. The molecule has 0 spiro atoms. The Morgan fingerprint density at radius 2 is 1.93 bits per heavy atom. The van der Waals surface area contributed by atoms with Crippen molar-refractivity contribution in [3.8, 4) is 0 Å². The number of fused-ring (bicyclic) bond motifs is 2. The number of nitrogens with zero attached hydrogens (tertiary/aromatic N) is 4. The summed E-state index contributed by atoms with van der Waals surface area (Å²) in [7, 11) is -2.98. The van der Waals surface area contributed by atoms with Gasteiger partial charge in [-0.25, -0.2) is 13.4 Å². The molecule has 0 unspecified atom stereocenters. The van der Waals surface area contributed by atoms with Crippen molar-refractivity contribution >= 4 is 54.5 Å². The van der Waals surface area contributed by atoms with E-state index < -0.39 is 9.84 Å². The van der Waals surface area contributed by atoms with Crippen LogP contribution in [0.5, 0.6) is 0 Å². The number of rotatable bonds is 10. The van der Waals surface area contributed by atoms with Crippen LogP contribution >= 0.6 is 11.3 Å². The van der Waals surface area contributed by atoms with Crippen LogP contribution in [-0.2, 0) is 29.5 Å². The Bertz CT molecular complexity index is 1780. The molecule has 0 amide bonds. The van der Waals surface area contributed by atoms with Crippen molar-refractivity contribution in [3.05, 3.63) is 107 Å². The SMILES string of the molecule is CS(=O)(=O)CCNCc1ncc(N2C=Cc3cncc(Nc4ccc5c(ccn5Cc5ccccc5)c4)c3C2)s1. The van der Waals surface area contributed by atoms with Gasteiger partial charge in [-0.2, -0.15) is 0 Å². The van der Waals surface area contributed by atoms with Crippen molar-refractivity contribution in [1.82, 2.24) is 19.9 Å². The van der Waals surface area contributed by atoms with Gasteiger partial charge >= 0.3 is 0 Å². The number of benzene rings is 2. The standard InChI is InChI=1S/C30H30N6O2S2/c1-40(37,38)14-11-31-18-29-33-19-30(39-29)36-13-10-24-16-32-17-27(26(24)21-36)34-25-7-8-28-23(15-25)9-12-35(28)20-22-5-3-2-4-6-22/h2-10,12-13,15-17,19,31,34H,11,14,18,20-21H2,1H3. The molecule has 0 radical (unpaired) electrons. The number of thiazole rings is 1. The summed E-state index contributed by atoms with van der Waals surface area (Å²) in [6.07, 6.45) is 13.2. The van der Waals surface area contributed by atoms with Gasteiger partial charge in [0, 0.05) is 72.2 Å². The lowest BCUT2D eigenvalue weighted by molar-refractivity contribution is 0.596. The maximum atomic E-state index is 11.3. The van der Waals surface area contributed by atoms with E-state index >= 15 is 0 Å². The molecule has 0 bridgehead atoms. The lowest BCUT2D eigenvalue weighted by atomic mass is 10.0. The topological polar surface area (TPSA) is 92.2 Å². The van der Waals surface area contributed by atoms with Gasteiger partial charge in [-0.3, -0.25) is 4.98 Å². The van der Waals surface area contributed by atoms with Crippen LogP contribution in [0.25, 0.3) is 17.0 Å². The van der Waals surface area contributed by atoms with Crippen LogP contribution in [0.2, 0.25) is 0 Å². The summed E-state index contributed by atoms with van der Waals surface area (Å²) in [6, 6.07) is 19.1. The lowest BCUT2D eigenvalue weighted by Gasteiger charge is -2.25. The molecule has 10 heteroatoms. The zero-order chi connectivity index (χ0) is 27.5. The first kappa shape index (κ1) is 26.2. The number of hydrogen-bond acceptors (Lipinski definition) is 8. The van der Waals surface area contributed by atoms with Crippen LogP contribution in [0.15, 0.2) is 85.6 Å². The van der Waals surface area contributed by atoms with E-state index in [9.17, 15) is 8.42 Å². The zero-order valence-electron chi connectivity index (χ0n) is 22.1. The van der Waals surface area contributed by atoms with E-state index in [0.29, 0.717) is 19.6 Å². The van der Waals surface area contributed by atoms with Crippen LogP contribution in [0.1, 0.15) is 21.7 Å². The molecule has 2 N–H and O–H groups in total. The van der Waals surface area contributed by atoms with Crippen molar-refractivity contribution < 1.29 is 8.42 Å². The van der Waals surface area contributed by atoms with Gasteiger partial charge in [-0.15, -0.1) is 0 Å². The average Bonchev–Trinajstić information content (AvgIpc) is 3.58. The molecule has 2 aromatic carbocycles. The van der Waals surface area contributed by atoms with Crippen LogP contribution < -0.4 is 15.5 Å². The van der Waals surface area contributed by atoms with Crippen LogP contribution in [0.4, 0.5) is 16.4 Å². The molecular formula is C30H30N6O2S2. The first-order valence-electron chi connectivity index (χ1n) is 13.1. The molecule has 4 heterocycles. The van der Waals surface area contributed by atoms with Crippen molar-refractivity contribution in [2.45, 2.75) is 19.6 Å². The second kappa shape index (κ2) is 11.2. The quantitative estimate of drug-likeness (QED) is 0.217.